The minimum Gasteiger partial charge on any atom is -0.393 e. The fraction of sp³-hybridized carbons (Fsp3) is 0.381. The second kappa shape index (κ2) is 7.28. The maximum absolute atomic E-state index is 13.0. The van der Waals surface area contributed by atoms with Gasteiger partial charge < -0.3 is 15.3 Å². The number of benzene rings is 2. The van der Waals surface area contributed by atoms with Crippen molar-refractivity contribution in [2.45, 2.75) is 33.3 Å². The van der Waals surface area contributed by atoms with Gasteiger partial charge in [0.15, 0.2) is 0 Å². The number of hydrogen-bond acceptors (Lipinski definition) is 3. The maximum atomic E-state index is 13.0. The maximum Gasteiger partial charge on any atom is 0.255 e. The second-order valence-electron chi connectivity index (χ2n) is 6.96. The molecule has 1 aliphatic heterocycles. The predicted octanol–water partition coefficient (Wildman–Crippen LogP) is 3.89. The van der Waals surface area contributed by atoms with E-state index in [1.807, 2.05) is 41.3 Å². The van der Waals surface area contributed by atoms with Gasteiger partial charge in [0.05, 0.1) is 17.4 Å². The summed E-state index contributed by atoms with van der Waals surface area (Å²) >= 11 is 0. The molecule has 4 heteroatoms. The average Bonchev–Trinajstić information content (AvgIpc) is 3.09. The van der Waals surface area contributed by atoms with Gasteiger partial charge in [-0.15, -0.1) is 0 Å². The van der Waals surface area contributed by atoms with Gasteiger partial charge in [-0.3, -0.25) is 4.79 Å². The van der Waals surface area contributed by atoms with E-state index in [1.54, 1.807) is 6.92 Å². The number of anilines is 2. The summed E-state index contributed by atoms with van der Waals surface area (Å²) < 4.78 is 0. The van der Waals surface area contributed by atoms with Crippen molar-refractivity contribution in [1.29, 1.82) is 0 Å². The minimum atomic E-state index is -0.374. The van der Waals surface area contributed by atoms with Gasteiger partial charge in [-0.05, 0) is 56.5 Å². The number of nitrogens with one attached hydrogen (secondary N) is 1. The molecule has 0 radical (unpaired) electrons. The molecule has 1 aliphatic rings. The molecule has 1 amide bonds. The van der Waals surface area contributed by atoms with Crippen LogP contribution in [-0.2, 0) is 0 Å². The summed E-state index contributed by atoms with van der Waals surface area (Å²) in [4.78, 5) is 14.8. The summed E-state index contributed by atoms with van der Waals surface area (Å²) in [6.07, 6.45) is 0.483. The molecule has 0 aromatic heterocycles. The smallest absolute Gasteiger partial charge is 0.255 e. The molecule has 0 spiro atoms. The molecular formula is C21H26N2O2. The number of likely N-dealkylation sites (tertiary alicyclic amines) is 1. The van der Waals surface area contributed by atoms with E-state index in [0.717, 1.165) is 17.8 Å². The van der Waals surface area contributed by atoms with Gasteiger partial charge in [0.2, 0.25) is 0 Å². The van der Waals surface area contributed by atoms with Gasteiger partial charge in [0.25, 0.3) is 5.91 Å². The Labute approximate surface area is 149 Å². The molecule has 3 rings (SSSR count). The molecule has 1 saturated heterocycles. The fourth-order valence-electron chi connectivity index (χ4n) is 3.35. The van der Waals surface area contributed by atoms with Crippen LogP contribution < -0.4 is 5.32 Å². The van der Waals surface area contributed by atoms with Gasteiger partial charge in [0.1, 0.15) is 0 Å². The lowest BCUT2D eigenvalue weighted by atomic mass is 10.0. The first-order chi connectivity index (χ1) is 12.0. The van der Waals surface area contributed by atoms with Crippen LogP contribution in [0.5, 0.6) is 0 Å². The monoisotopic (exact) mass is 338 g/mol. The number of para-hydroxylation sites is 1. The Morgan fingerprint density at radius 2 is 1.88 bits per heavy atom. The molecular weight excluding hydrogens is 312 g/mol. The number of rotatable bonds is 4. The molecule has 0 saturated carbocycles. The van der Waals surface area contributed by atoms with Crippen molar-refractivity contribution in [2.75, 3.05) is 18.4 Å². The third kappa shape index (κ3) is 3.69. The van der Waals surface area contributed by atoms with E-state index in [2.05, 4.69) is 25.2 Å². The Balaban J connectivity index is 1.84. The summed E-state index contributed by atoms with van der Waals surface area (Å²) in [6.45, 7) is 7.28. The van der Waals surface area contributed by atoms with E-state index in [0.29, 0.717) is 18.7 Å². The summed E-state index contributed by atoms with van der Waals surface area (Å²) in [5.41, 5.74) is 4.91. The van der Waals surface area contributed by atoms with Crippen molar-refractivity contribution >= 4 is 17.3 Å². The first-order valence-corrected chi connectivity index (χ1v) is 8.87. The SMILES string of the molecule is Cc1cccc(Nc2ccccc2C(=O)N2CCC(C(C)O)C2)c1C. The van der Waals surface area contributed by atoms with Crippen molar-refractivity contribution < 1.29 is 9.90 Å². The molecule has 1 fully saturated rings. The molecule has 2 atom stereocenters. The van der Waals surface area contributed by atoms with Gasteiger partial charge in [0, 0.05) is 24.7 Å². The zero-order chi connectivity index (χ0) is 18.0. The molecule has 0 bridgehead atoms. The first-order valence-electron chi connectivity index (χ1n) is 8.87. The van der Waals surface area contributed by atoms with Crippen LogP contribution in [0.3, 0.4) is 0 Å². The van der Waals surface area contributed by atoms with Gasteiger partial charge in [-0.1, -0.05) is 24.3 Å². The van der Waals surface area contributed by atoms with E-state index in [1.165, 1.54) is 11.1 Å². The van der Waals surface area contributed by atoms with Crippen LogP contribution in [0.1, 0.15) is 34.8 Å². The standard InChI is InChI=1S/C21H26N2O2/c1-14-7-6-10-19(15(14)2)22-20-9-5-4-8-18(20)21(25)23-12-11-17(13-23)16(3)24/h4-10,16-17,22,24H,11-13H2,1-3H3. The first kappa shape index (κ1) is 17.5. The molecule has 0 aliphatic carbocycles. The van der Waals surface area contributed by atoms with E-state index in [4.69, 9.17) is 0 Å². The van der Waals surface area contributed by atoms with E-state index in [9.17, 15) is 9.90 Å². The van der Waals surface area contributed by atoms with Crippen LogP contribution in [0.25, 0.3) is 0 Å². The molecule has 2 aromatic carbocycles. The molecule has 2 unspecified atom stereocenters. The second-order valence-corrected chi connectivity index (χ2v) is 6.96. The van der Waals surface area contributed by atoms with Gasteiger partial charge in [-0.25, -0.2) is 0 Å². The number of aliphatic hydroxyl groups is 1. The zero-order valence-corrected chi connectivity index (χ0v) is 15.1. The highest BCUT2D eigenvalue weighted by molar-refractivity contribution is 6.00. The minimum absolute atomic E-state index is 0.0246. The van der Waals surface area contributed by atoms with Crippen molar-refractivity contribution in [1.82, 2.24) is 4.90 Å². The van der Waals surface area contributed by atoms with Gasteiger partial charge >= 0.3 is 0 Å². The Morgan fingerprint density at radius 3 is 2.60 bits per heavy atom. The van der Waals surface area contributed by atoms with Crippen molar-refractivity contribution in [3.05, 3.63) is 59.2 Å². The number of carbonyl (C=O) groups is 1. The third-order valence-electron chi connectivity index (χ3n) is 5.23. The van der Waals surface area contributed by atoms with E-state index >= 15 is 0 Å². The summed E-state index contributed by atoms with van der Waals surface area (Å²) in [7, 11) is 0. The highest BCUT2D eigenvalue weighted by Crippen LogP contribution is 2.28. The largest absolute Gasteiger partial charge is 0.393 e. The van der Waals surface area contributed by atoms with Gasteiger partial charge in [-0.2, -0.15) is 0 Å². The van der Waals surface area contributed by atoms with Crippen LogP contribution in [0, 0.1) is 19.8 Å². The van der Waals surface area contributed by atoms with Crippen LogP contribution in [0.4, 0.5) is 11.4 Å². The third-order valence-corrected chi connectivity index (χ3v) is 5.23. The molecule has 2 aromatic rings. The Hall–Kier alpha value is -2.33. The fourth-order valence-corrected chi connectivity index (χ4v) is 3.35. The lowest BCUT2D eigenvalue weighted by Crippen LogP contribution is -2.30. The van der Waals surface area contributed by atoms with Crippen molar-refractivity contribution in [2.24, 2.45) is 5.92 Å². The topological polar surface area (TPSA) is 52.6 Å². The highest BCUT2D eigenvalue weighted by atomic mass is 16.3. The van der Waals surface area contributed by atoms with Crippen molar-refractivity contribution in [3.8, 4) is 0 Å². The van der Waals surface area contributed by atoms with E-state index < -0.39 is 0 Å². The lowest BCUT2D eigenvalue weighted by molar-refractivity contribution is 0.0763. The number of hydrogen-bond donors (Lipinski definition) is 2. The zero-order valence-electron chi connectivity index (χ0n) is 15.1. The number of amides is 1. The number of nitrogens with zero attached hydrogens (tertiary/aromatic N) is 1. The number of aryl methyl sites for hydroxylation is 1. The van der Waals surface area contributed by atoms with Crippen LogP contribution in [0.2, 0.25) is 0 Å². The Morgan fingerprint density at radius 1 is 1.16 bits per heavy atom. The Kier molecular flexibility index (Phi) is 5.09. The molecule has 1 heterocycles. The van der Waals surface area contributed by atoms with E-state index in [-0.39, 0.29) is 17.9 Å². The number of carbonyl (C=O) groups excluding carboxylic acids is 1. The quantitative estimate of drug-likeness (QED) is 0.889. The summed E-state index contributed by atoms with van der Waals surface area (Å²) in [5.74, 6) is 0.194. The summed E-state index contributed by atoms with van der Waals surface area (Å²) in [6, 6.07) is 13.8. The lowest BCUT2D eigenvalue weighted by Gasteiger charge is -2.20. The number of aliphatic hydroxyl groups excluding tert-OH is 1. The van der Waals surface area contributed by atoms with Crippen LogP contribution in [0.15, 0.2) is 42.5 Å². The highest BCUT2D eigenvalue weighted by Gasteiger charge is 2.30. The molecule has 132 valence electrons. The predicted molar refractivity (Wildman–Crippen MR) is 101 cm³/mol. The van der Waals surface area contributed by atoms with Crippen LogP contribution in [-0.4, -0.2) is 35.1 Å². The van der Waals surface area contributed by atoms with Crippen LogP contribution >= 0.6 is 0 Å². The molecule has 25 heavy (non-hydrogen) atoms. The van der Waals surface area contributed by atoms with Crippen molar-refractivity contribution in [3.63, 3.8) is 0 Å². The molecule has 2 N–H and O–H groups in total. The Bertz CT molecular complexity index is 770. The summed E-state index contributed by atoms with van der Waals surface area (Å²) in [5, 5.41) is 13.2. The molecule has 4 nitrogen and oxygen atoms in total. The average molecular weight is 338 g/mol. The normalized spacial score (nSPS) is 18.2.